The third-order valence-electron chi connectivity index (χ3n) is 2.63. The monoisotopic (exact) mass is 329 g/mol. The van der Waals surface area contributed by atoms with Crippen molar-refractivity contribution in [1.82, 2.24) is 10.4 Å². The molecule has 3 nitrogen and oxygen atoms in total. The van der Waals surface area contributed by atoms with Crippen LogP contribution in [0.4, 0.5) is 4.39 Å². The Morgan fingerprint density at radius 1 is 1.56 bits per heavy atom. The second-order valence-electron chi connectivity index (χ2n) is 3.95. The van der Waals surface area contributed by atoms with E-state index < -0.39 is 0 Å². The smallest absolute Gasteiger partial charge is 0.137 e. The number of aryl methyl sites for hydroxylation is 1. The molecule has 18 heavy (non-hydrogen) atoms. The minimum atomic E-state index is -0.279. The van der Waals surface area contributed by atoms with Crippen LogP contribution in [0.1, 0.15) is 22.3 Å². The molecule has 1 aromatic heterocycles. The van der Waals surface area contributed by atoms with E-state index in [0.29, 0.717) is 10.9 Å². The average molecular weight is 330 g/mol. The topological polar surface area (TPSA) is 50.9 Å². The summed E-state index contributed by atoms with van der Waals surface area (Å²) in [5.74, 6) is 5.29. The van der Waals surface area contributed by atoms with Gasteiger partial charge in [-0.15, -0.1) is 11.3 Å². The summed E-state index contributed by atoms with van der Waals surface area (Å²) < 4.78 is 13.6. The standard InChI is InChI=1S/C12H13BrFN3S/c1-7-16-9(6-18-7)5-12(17-15)8-2-3-11(14)10(13)4-8/h2-4,6,12,17H,5,15H2,1H3. The fraction of sp³-hybridized carbons (Fsp3) is 0.250. The van der Waals surface area contributed by atoms with Crippen LogP contribution < -0.4 is 11.3 Å². The SMILES string of the molecule is Cc1nc(CC(NN)c2ccc(F)c(Br)c2)cs1. The van der Waals surface area contributed by atoms with Crippen LogP contribution in [-0.2, 0) is 6.42 Å². The van der Waals surface area contributed by atoms with Gasteiger partial charge in [-0.1, -0.05) is 6.07 Å². The van der Waals surface area contributed by atoms with Gasteiger partial charge >= 0.3 is 0 Å². The lowest BCUT2D eigenvalue weighted by Crippen LogP contribution is -2.29. The third kappa shape index (κ3) is 3.14. The van der Waals surface area contributed by atoms with Gasteiger partial charge in [0.05, 0.1) is 21.2 Å². The molecule has 1 unspecified atom stereocenters. The van der Waals surface area contributed by atoms with Crippen molar-refractivity contribution >= 4 is 27.3 Å². The summed E-state index contributed by atoms with van der Waals surface area (Å²) >= 11 is 4.78. The molecular formula is C12H13BrFN3S. The van der Waals surface area contributed by atoms with Crippen LogP contribution in [0.25, 0.3) is 0 Å². The summed E-state index contributed by atoms with van der Waals surface area (Å²) in [6.45, 7) is 1.97. The summed E-state index contributed by atoms with van der Waals surface area (Å²) in [5.41, 5.74) is 4.66. The lowest BCUT2D eigenvalue weighted by atomic mass is 10.0. The van der Waals surface area contributed by atoms with E-state index in [9.17, 15) is 4.39 Å². The molecule has 0 aliphatic heterocycles. The van der Waals surface area contributed by atoms with E-state index in [0.717, 1.165) is 16.3 Å². The normalized spacial score (nSPS) is 12.7. The zero-order valence-corrected chi connectivity index (χ0v) is 12.2. The molecule has 0 radical (unpaired) electrons. The first-order valence-corrected chi connectivity index (χ1v) is 7.09. The first-order valence-electron chi connectivity index (χ1n) is 5.42. The Morgan fingerprint density at radius 2 is 2.33 bits per heavy atom. The van der Waals surface area contributed by atoms with Crippen molar-refractivity contribution in [2.45, 2.75) is 19.4 Å². The van der Waals surface area contributed by atoms with E-state index in [1.807, 2.05) is 12.3 Å². The Morgan fingerprint density at radius 3 is 2.89 bits per heavy atom. The predicted octanol–water partition coefficient (Wildman–Crippen LogP) is 3.10. The quantitative estimate of drug-likeness (QED) is 0.669. The lowest BCUT2D eigenvalue weighted by Gasteiger charge is -2.15. The molecule has 0 amide bonds. The second kappa shape index (κ2) is 5.88. The van der Waals surface area contributed by atoms with E-state index >= 15 is 0 Å². The maximum atomic E-state index is 13.2. The number of hydrazine groups is 1. The van der Waals surface area contributed by atoms with Crippen LogP contribution >= 0.6 is 27.3 Å². The summed E-state index contributed by atoms with van der Waals surface area (Å²) in [4.78, 5) is 4.40. The van der Waals surface area contributed by atoms with Crippen molar-refractivity contribution < 1.29 is 4.39 Å². The number of hydrogen-bond donors (Lipinski definition) is 2. The minimum Gasteiger partial charge on any atom is -0.271 e. The van der Waals surface area contributed by atoms with E-state index in [1.54, 1.807) is 23.5 Å². The van der Waals surface area contributed by atoms with Gasteiger partial charge in [0.1, 0.15) is 5.82 Å². The van der Waals surface area contributed by atoms with Crippen molar-refractivity contribution in [1.29, 1.82) is 0 Å². The number of nitrogens with one attached hydrogen (secondary N) is 1. The summed E-state index contributed by atoms with van der Waals surface area (Å²) in [6, 6.07) is 4.81. The van der Waals surface area contributed by atoms with Crippen molar-refractivity contribution in [3.05, 3.63) is 50.1 Å². The van der Waals surface area contributed by atoms with Crippen LogP contribution in [0.15, 0.2) is 28.1 Å². The lowest BCUT2D eigenvalue weighted by molar-refractivity contribution is 0.543. The number of nitrogens with two attached hydrogens (primary N) is 1. The zero-order chi connectivity index (χ0) is 13.1. The van der Waals surface area contributed by atoms with Gasteiger partial charge in [-0.2, -0.15) is 0 Å². The summed E-state index contributed by atoms with van der Waals surface area (Å²) in [6.07, 6.45) is 0.679. The highest BCUT2D eigenvalue weighted by Gasteiger charge is 2.13. The second-order valence-corrected chi connectivity index (χ2v) is 5.87. The van der Waals surface area contributed by atoms with Crippen molar-refractivity contribution in [2.24, 2.45) is 5.84 Å². The van der Waals surface area contributed by atoms with Gasteiger partial charge < -0.3 is 0 Å². The molecule has 1 aromatic carbocycles. The third-order valence-corrected chi connectivity index (χ3v) is 4.06. The van der Waals surface area contributed by atoms with Crippen molar-refractivity contribution in [3.8, 4) is 0 Å². The number of rotatable bonds is 4. The zero-order valence-electron chi connectivity index (χ0n) is 9.78. The molecule has 0 aliphatic carbocycles. The van der Waals surface area contributed by atoms with E-state index in [4.69, 9.17) is 5.84 Å². The van der Waals surface area contributed by atoms with E-state index in [-0.39, 0.29) is 11.9 Å². The Kier molecular flexibility index (Phi) is 4.45. The molecule has 2 aromatic rings. The van der Waals surface area contributed by atoms with Gasteiger partial charge in [-0.3, -0.25) is 11.3 Å². The molecule has 96 valence electrons. The molecule has 0 saturated carbocycles. The molecule has 0 bridgehead atoms. The molecule has 1 heterocycles. The molecule has 1 atom stereocenters. The first-order chi connectivity index (χ1) is 8.60. The molecule has 0 saturated heterocycles. The first kappa shape index (κ1) is 13.6. The molecule has 0 fully saturated rings. The van der Waals surface area contributed by atoms with E-state index in [1.165, 1.54) is 6.07 Å². The molecule has 6 heteroatoms. The maximum absolute atomic E-state index is 13.2. The van der Waals surface area contributed by atoms with Gasteiger partial charge in [0.2, 0.25) is 0 Å². The molecule has 0 aliphatic rings. The number of thiazole rings is 1. The molecular weight excluding hydrogens is 317 g/mol. The van der Waals surface area contributed by atoms with Gasteiger partial charge in [0.15, 0.2) is 0 Å². The Balaban J connectivity index is 2.19. The largest absolute Gasteiger partial charge is 0.271 e. The highest BCUT2D eigenvalue weighted by atomic mass is 79.9. The number of nitrogens with zero attached hydrogens (tertiary/aromatic N) is 1. The van der Waals surface area contributed by atoms with Crippen LogP contribution in [0.2, 0.25) is 0 Å². The van der Waals surface area contributed by atoms with Crippen LogP contribution in [0, 0.1) is 12.7 Å². The average Bonchev–Trinajstić information content (AvgIpc) is 2.75. The number of benzene rings is 1. The van der Waals surface area contributed by atoms with Gasteiger partial charge in [-0.05, 0) is 40.5 Å². The van der Waals surface area contributed by atoms with Crippen LogP contribution in [0.3, 0.4) is 0 Å². The van der Waals surface area contributed by atoms with Gasteiger partial charge in [0, 0.05) is 11.8 Å². The maximum Gasteiger partial charge on any atom is 0.137 e. The number of hydrogen-bond acceptors (Lipinski definition) is 4. The highest BCUT2D eigenvalue weighted by Crippen LogP contribution is 2.24. The Bertz CT molecular complexity index is 544. The number of halogens is 2. The van der Waals surface area contributed by atoms with Gasteiger partial charge in [-0.25, -0.2) is 9.37 Å². The van der Waals surface area contributed by atoms with Crippen LogP contribution in [0.5, 0.6) is 0 Å². The Labute approximate surface area is 117 Å². The molecule has 3 N–H and O–H groups in total. The van der Waals surface area contributed by atoms with Crippen LogP contribution in [-0.4, -0.2) is 4.98 Å². The highest BCUT2D eigenvalue weighted by molar-refractivity contribution is 9.10. The number of aromatic nitrogens is 1. The van der Waals surface area contributed by atoms with Crippen molar-refractivity contribution in [3.63, 3.8) is 0 Å². The molecule has 2 rings (SSSR count). The Hall–Kier alpha value is -0.820. The predicted molar refractivity (Wildman–Crippen MR) is 74.7 cm³/mol. The summed E-state index contributed by atoms with van der Waals surface area (Å²) in [7, 11) is 0. The molecule has 0 spiro atoms. The fourth-order valence-electron chi connectivity index (χ4n) is 1.71. The van der Waals surface area contributed by atoms with Crippen molar-refractivity contribution in [2.75, 3.05) is 0 Å². The minimum absolute atomic E-state index is 0.0802. The van der Waals surface area contributed by atoms with Gasteiger partial charge in [0.25, 0.3) is 0 Å². The van der Waals surface area contributed by atoms with E-state index in [2.05, 4.69) is 26.3 Å². The summed E-state index contributed by atoms with van der Waals surface area (Å²) in [5, 5.41) is 3.04. The fourth-order valence-corrected chi connectivity index (χ4v) is 2.74.